The van der Waals surface area contributed by atoms with Gasteiger partial charge in [0.2, 0.25) is 22.5 Å². The zero-order valence-electron chi connectivity index (χ0n) is 19.3. The Labute approximate surface area is 233 Å². The molecule has 0 saturated carbocycles. The van der Waals surface area contributed by atoms with Crippen molar-refractivity contribution in [3.8, 4) is 0 Å². The van der Waals surface area contributed by atoms with Gasteiger partial charge in [-0.05, 0) is 58.6 Å². The molecule has 0 aliphatic rings. The largest absolute Gasteiger partial charge is 0.350 e. The minimum atomic E-state index is -4.81. The third kappa shape index (κ3) is 7.25. The third-order valence-corrected chi connectivity index (χ3v) is 6.96. The van der Waals surface area contributed by atoms with Crippen LogP contribution in [0.2, 0.25) is 10.6 Å². The van der Waals surface area contributed by atoms with Crippen LogP contribution < -0.4 is 22.0 Å². The molecule has 16 nitrogen and oxygen atoms in total. The Morgan fingerprint density at radius 3 is 1.38 bits per heavy atom. The molecular weight excluding hydrogens is 615 g/mol. The van der Waals surface area contributed by atoms with Crippen molar-refractivity contribution < 1.29 is 25.9 Å². The Morgan fingerprint density at radius 1 is 0.675 bits per heavy atom. The molecule has 0 amide bonds. The first kappa shape index (κ1) is 28.8. The molecule has 0 atom stereocenters. The van der Waals surface area contributed by atoms with Gasteiger partial charge < -0.3 is 10.6 Å². The molecule has 0 bridgehead atoms. The standard InChI is InChI=1S/C20H14Cl2N8O8S2/c21-15-25-17(29-19(31)27-15)23-11-5-3-9(13(7-11)39(33,34)35)1-2-10-4-6-12(8-14(10)40(36,37)38)24-18-26-16(22)28-20(32)30-18/h1-8H,(H,33,34,35)(H,36,37,38)(H2,23,25,27,29,31)(H2,24,26,28,30,32). The highest BCUT2D eigenvalue weighted by atomic mass is 35.5. The van der Waals surface area contributed by atoms with Crippen molar-refractivity contribution >= 4 is 78.9 Å². The lowest BCUT2D eigenvalue weighted by molar-refractivity contribution is 0.480. The molecule has 4 rings (SSSR count). The van der Waals surface area contributed by atoms with Crippen LogP contribution in [-0.4, -0.2) is 55.8 Å². The van der Waals surface area contributed by atoms with Crippen LogP contribution in [0.1, 0.15) is 11.1 Å². The van der Waals surface area contributed by atoms with E-state index in [1.165, 1.54) is 36.4 Å². The summed E-state index contributed by atoms with van der Waals surface area (Å²) in [6, 6.07) is 7.25. The van der Waals surface area contributed by atoms with Gasteiger partial charge in [0.1, 0.15) is 9.79 Å². The normalized spacial score (nSPS) is 12.0. The number of hydrogen-bond donors (Lipinski definition) is 6. The van der Waals surface area contributed by atoms with Crippen molar-refractivity contribution in [2.24, 2.45) is 0 Å². The maximum atomic E-state index is 12.1. The summed E-state index contributed by atoms with van der Waals surface area (Å²) in [6.45, 7) is 0. The fourth-order valence-electron chi connectivity index (χ4n) is 3.21. The summed E-state index contributed by atoms with van der Waals surface area (Å²) in [6.07, 6.45) is 2.34. The SMILES string of the molecule is O=c1nc(Nc2ccc(C=Cc3ccc(Nc4nc(Cl)[nH]c(=O)n4)cc3S(=O)(=O)O)c(S(=O)(=O)O)c2)nc(Cl)[nH]1. The number of H-pyrrole nitrogens is 2. The van der Waals surface area contributed by atoms with E-state index in [2.05, 4.69) is 40.5 Å². The van der Waals surface area contributed by atoms with E-state index in [1.54, 1.807) is 0 Å². The molecule has 0 saturated heterocycles. The van der Waals surface area contributed by atoms with Crippen molar-refractivity contribution in [1.29, 1.82) is 0 Å². The van der Waals surface area contributed by atoms with Crippen LogP contribution in [0.15, 0.2) is 55.8 Å². The Balaban J connectivity index is 1.70. The molecule has 2 aromatic heterocycles. The van der Waals surface area contributed by atoms with Gasteiger partial charge in [-0.3, -0.25) is 19.1 Å². The van der Waals surface area contributed by atoms with E-state index in [9.17, 15) is 35.5 Å². The zero-order chi connectivity index (χ0) is 29.2. The monoisotopic (exact) mass is 628 g/mol. The molecule has 4 aromatic rings. The molecule has 40 heavy (non-hydrogen) atoms. The van der Waals surface area contributed by atoms with Crippen molar-refractivity contribution in [3.05, 3.63) is 79.1 Å². The van der Waals surface area contributed by atoms with Crippen LogP contribution >= 0.6 is 23.2 Å². The number of rotatable bonds is 8. The first-order valence-corrected chi connectivity index (χ1v) is 14.0. The Kier molecular flexibility index (Phi) is 8.00. The Hall–Kier alpha value is -4.20. The van der Waals surface area contributed by atoms with E-state index >= 15 is 0 Å². The highest BCUT2D eigenvalue weighted by molar-refractivity contribution is 7.86. The Bertz CT molecular complexity index is 1850. The van der Waals surface area contributed by atoms with Crippen LogP contribution in [0.25, 0.3) is 12.2 Å². The van der Waals surface area contributed by atoms with E-state index in [0.717, 1.165) is 12.1 Å². The van der Waals surface area contributed by atoms with E-state index in [0.29, 0.717) is 0 Å². The quantitative estimate of drug-likeness (QED) is 0.121. The molecule has 0 aliphatic carbocycles. The number of hydrogen-bond acceptors (Lipinski definition) is 12. The van der Waals surface area contributed by atoms with Gasteiger partial charge in [-0.25, -0.2) is 9.59 Å². The van der Waals surface area contributed by atoms with Gasteiger partial charge in [-0.2, -0.15) is 36.8 Å². The minimum absolute atomic E-state index is 0.0579. The number of halogens is 2. The van der Waals surface area contributed by atoms with Gasteiger partial charge in [0.15, 0.2) is 0 Å². The van der Waals surface area contributed by atoms with Gasteiger partial charge in [0.25, 0.3) is 20.2 Å². The first-order valence-electron chi connectivity index (χ1n) is 10.4. The number of anilines is 4. The molecule has 0 spiro atoms. The minimum Gasteiger partial charge on any atom is -0.324 e. The highest BCUT2D eigenvalue weighted by Crippen LogP contribution is 2.27. The summed E-state index contributed by atoms with van der Waals surface area (Å²) >= 11 is 11.3. The van der Waals surface area contributed by atoms with Crippen LogP contribution in [0, 0.1) is 0 Å². The lowest BCUT2D eigenvalue weighted by atomic mass is 10.1. The molecule has 0 unspecified atom stereocenters. The number of aromatic nitrogens is 6. The summed E-state index contributed by atoms with van der Waals surface area (Å²) in [4.78, 5) is 40.5. The number of aromatic amines is 2. The van der Waals surface area contributed by atoms with E-state index in [1.807, 2.05) is 0 Å². The molecule has 6 N–H and O–H groups in total. The van der Waals surface area contributed by atoms with E-state index in [-0.39, 0.29) is 45.0 Å². The van der Waals surface area contributed by atoms with Crippen LogP contribution in [0.3, 0.4) is 0 Å². The second-order valence-electron chi connectivity index (χ2n) is 7.58. The van der Waals surface area contributed by atoms with E-state index in [4.69, 9.17) is 23.2 Å². The number of nitrogens with one attached hydrogen (secondary N) is 4. The van der Waals surface area contributed by atoms with Crippen molar-refractivity contribution in [2.75, 3.05) is 10.6 Å². The molecule has 0 aliphatic heterocycles. The molecule has 20 heteroatoms. The molecule has 208 valence electrons. The highest BCUT2D eigenvalue weighted by Gasteiger charge is 2.18. The third-order valence-electron chi connectivity index (χ3n) is 4.78. The Morgan fingerprint density at radius 2 is 1.05 bits per heavy atom. The second kappa shape index (κ2) is 11.1. The predicted molar refractivity (Wildman–Crippen MR) is 143 cm³/mol. The summed E-state index contributed by atoms with van der Waals surface area (Å²) in [5, 5.41) is 4.60. The maximum Gasteiger partial charge on any atom is 0.350 e. The average molecular weight is 629 g/mol. The number of benzene rings is 2. The molecule has 2 heterocycles. The van der Waals surface area contributed by atoms with Crippen molar-refractivity contribution in [2.45, 2.75) is 9.79 Å². The van der Waals surface area contributed by atoms with Crippen molar-refractivity contribution in [1.82, 2.24) is 29.9 Å². The van der Waals surface area contributed by atoms with Gasteiger partial charge in [0.05, 0.1) is 0 Å². The topological polar surface area (TPSA) is 250 Å². The number of nitrogens with zero attached hydrogens (tertiary/aromatic N) is 4. The predicted octanol–water partition coefficient (Wildman–Crippen LogP) is 2.10. The fraction of sp³-hybridized carbons (Fsp3) is 0. The van der Waals surface area contributed by atoms with Gasteiger partial charge in [-0.15, -0.1) is 0 Å². The van der Waals surface area contributed by atoms with Gasteiger partial charge >= 0.3 is 11.4 Å². The molecule has 0 radical (unpaired) electrons. The van der Waals surface area contributed by atoms with E-state index < -0.39 is 41.4 Å². The summed E-state index contributed by atoms with van der Waals surface area (Å²) in [5.74, 6) is -0.504. The molecule has 0 fully saturated rings. The van der Waals surface area contributed by atoms with Gasteiger partial charge in [0, 0.05) is 11.4 Å². The van der Waals surface area contributed by atoms with Crippen LogP contribution in [0.4, 0.5) is 23.3 Å². The van der Waals surface area contributed by atoms with Crippen molar-refractivity contribution in [3.63, 3.8) is 0 Å². The zero-order valence-corrected chi connectivity index (χ0v) is 22.5. The smallest absolute Gasteiger partial charge is 0.324 e. The second-order valence-corrected chi connectivity index (χ2v) is 11.1. The summed E-state index contributed by atoms with van der Waals surface area (Å²) in [7, 11) is -9.62. The average Bonchev–Trinajstić information content (AvgIpc) is 2.81. The molecule has 2 aromatic carbocycles. The van der Waals surface area contributed by atoms with Gasteiger partial charge in [-0.1, -0.05) is 24.3 Å². The lowest BCUT2D eigenvalue weighted by Crippen LogP contribution is -2.14. The molecular formula is C20H14Cl2N8O8S2. The lowest BCUT2D eigenvalue weighted by Gasteiger charge is -2.10. The first-order chi connectivity index (χ1) is 18.7. The fourth-order valence-corrected chi connectivity index (χ4v) is 4.95. The maximum absolute atomic E-state index is 12.1. The van der Waals surface area contributed by atoms with Crippen LogP contribution in [-0.2, 0) is 20.2 Å². The summed E-state index contributed by atoms with van der Waals surface area (Å²) < 4.78 is 67.8. The van der Waals surface area contributed by atoms with Crippen LogP contribution in [0.5, 0.6) is 0 Å². The summed E-state index contributed by atoms with van der Waals surface area (Å²) in [5.41, 5.74) is -1.67.